The van der Waals surface area contributed by atoms with Gasteiger partial charge < -0.3 is 20.6 Å². The Bertz CT molecular complexity index is 518. The third-order valence-corrected chi connectivity index (χ3v) is 3.44. The van der Waals surface area contributed by atoms with Gasteiger partial charge in [-0.05, 0) is 48.0 Å². The molecule has 1 aromatic rings. The van der Waals surface area contributed by atoms with Crippen LogP contribution in [0.4, 0.5) is 0 Å². The van der Waals surface area contributed by atoms with E-state index in [0.717, 1.165) is 0 Å². The number of nitrogens with zero attached hydrogens (tertiary/aromatic N) is 2. The van der Waals surface area contributed by atoms with E-state index in [1.165, 1.54) is 12.0 Å². The molecule has 1 aromatic carbocycles. The zero-order valence-electron chi connectivity index (χ0n) is 11.6. The fraction of sp³-hybridized carbons (Fsp3) is 0.385. The van der Waals surface area contributed by atoms with E-state index in [1.54, 1.807) is 18.2 Å². The predicted molar refractivity (Wildman–Crippen MR) is 80.3 cm³/mol. The summed E-state index contributed by atoms with van der Waals surface area (Å²) >= 11 is 3.35. The van der Waals surface area contributed by atoms with Gasteiger partial charge in [0.05, 0.1) is 19.2 Å². The quantitative estimate of drug-likeness (QED) is 0.370. The van der Waals surface area contributed by atoms with Crippen LogP contribution in [0.2, 0.25) is 0 Å². The summed E-state index contributed by atoms with van der Waals surface area (Å²) < 4.78 is 5.78. The van der Waals surface area contributed by atoms with E-state index in [0.29, 0.717) is 15.8 Å². The number of rotatable bonds is 5. The molecule has 0 aromatic heterocycles. The second kappa shape index (κ2) is 7.14. The average molecular weight is 344 g/mol. The van der Waals surface area contributed by atoms with Crippen LogP contribution >= 0.6 is 15.9 Å². The molecule has 0 fully saturated rings. The minimum Gasteiger partial charge on any atom is -0.497 e. The van der Waals surface area contributed by atoms with Crippen LogP contribution in [-0.4, -0.2) is 41.5 Å². The van der Waals surface area contributed by atoms with Gasteiger partial charge in [0.15, 0.2) is 5.84 Å². The largest absolute Gasteiger partial charge is 0.497 e. The second-order valence-corrected chi connectivity index (χ2v) is 5.32. The maximum absolute atomic E-state index is 12.6. The number of benzene rings is 1. The summed E-state index contributed by atoms with van der Waals surface area (Å²) in [6, 6.07) is 5.05. The first-order valence-corrected chi connectivity index (χ1v) is 6.81. The van der Waals surface area contributed by atoms with Gasteiger partial charge in [-0.1, -0.05) is 5.16 Å². The SMILES string of the molecule is COc1ccc(Br)c(C(=O)N(CC(N)=NO)C(C)C)c1. The van der Waals surface area contributed by atoms with Crippen LogP contribution in [-0.2, 0) is 0 Å². The second-order valence-electron chi connectivity index (χ2n) is 4.46. The van der Waals surface area contributed by atoms with E-state index in [-0.39, 0.29) is 24.3 Å². The molecule has 6 nitrogen and oxygen atoms in total. The summed E-state index contributed by atoms with van der Waals surface area (Å²) in [7, 11) is 1.54. The molecule has 0 atom stereocenters. The molecule has 1 rings (SSSR count). The molecule has 0 aliphatic carbocycles. The Kier molecular flexibility index (Phi) is 5.82. The number of amidine groups is 1. The van der Waals surface area contributed by atoms with Gasteiger partial charge in [0.2, 0.25) is 0 Å². The fourth-order valence-corrected chi connectivity index (χ4v) is 2.06. The first kappa shape index (κ1) is 16.3. The van der Waals surface area contributed by atoms with Gasteiger partial charge in [0.25, 0.3) is 5.91 Å². The maximum Gasteiger partial charge on any atom is 0.255 e. The Hall–Kier alpha value is -1.76. The molecule has 1 amide bonds. The molecule has 0 heterocycles. The lowest BCUT2D eigenvalue weighted by Crippen LogP contribution is -2.43. The standard InChI is InChI=1S/C13H18BrN3O3/c1-8(2)17(7-12(15)16-19)13(18)10-6-9(20-3)4-5-11(10)14/h4-6,8,19H,7H2,1-3H3,(H2,15,16). The van der Waals surface area contributed by atoms with Gasteiger partial charge in [0, 0.05) is 10.5 Å². The van der Waals surface area contributed by atoms with Crippen LogP contribution in [0.25, 0.3) is 0 Å². The molecule has 0 aliphatic rings. The topological polar surface area (TPSA) is 88.2 Å². The zero-order valence-corrected chi connectivity index (χ0v) is 13.2. The summed E-state index contributed by atoms with van der Waals surface area (Å²) in [6.45, 7) is 3.77. The first-order valence-electron chi connectivity index (χ1n) is 6.01. The van der Waals surface area contributed by atoms with Gasteiger partial charge in [-0.3, -0.25) is 4.79 Å². The van der Waals surface area contributed by atoms with Crippen LogP contribution in [0.5, 0.6) is 5.75 Å². The summed E-state index contributed by atoms with van der Waals surface area (Å²) in [6.07, 6.45) is 0. The van der Waals surface area contributed by atoms with Crippen molar-refractivity contribution in [3.8, 4) is 5.75 Å². The number of hydrogen-bond donors (Lipinski definition) is 2. The molecule has 0 spiro atoms. The van der Waals surface area contributed by atoms with Crippen molar-refractivity contribution in [3.05, 3.63) is 28.2 Å². The van der Waals surface area contributed by atoms with Crippen molar-refractivity contribution in [2.24, 2.45) is 10.9 Å². The maximum atomic E-state index is 12.6. The predicted octanol–water partition coefficient (Wildman–Crippen LogP) is 2.05. The molecule has 0 aliphatic heterocycles. The van der Waals surface area contributed by atoms with E-state index >= 15 is 0 Å². The Morgan fingerprint density at radius 2 is 2.20 bits per heavy atom. The lowest BCUT2D eigenvalue weighted by Gasteiger charge is -2.26. The van der Waals surface area contributed by atoms with Gasteiger partial charge in [0.1, 0.15) is 5.75 Å². The molecule has 7 heteroatoms. The molecule has 0 saturated carbocycles. The number of oxime groups is 1. The number of carbonyl (C=O) groups is 1. The Balaban J connectivity index is 3.12. The number of carbonyl (C=O) groups excluding carboxylic acids is 1. The van der Waals surface area contributed by atoms with Gasteiger partial charge in [-0.15, -0.1) is 0 Å². The van der Waals surface area contributed by atoms with Crippen molar-refractivity contribution in [2.75, 3.05) is 13.7 Å². The molecule has 3 N–H and O–H groups in total. The number of hydrogen-bond acceptors (Lipinski definition) is 4. The Labute approximate surface area is 126 Å². The van der Waals surface area contributed by atoms with Crippen LogP contribution < -0.4 is 10.5 Å². The molecule has 20 heavy (non-hydrogen) atoms. The van der Waals surface area contributed by atoms with Crippen molar-refractivity contribution < 1.29 is 14.7 Å². The highest BCUT2D eigenvalue weighted by molar-refractivity contribution is 9.10. The third-order valence-electron chi connectivity index (χ3n) is 2.75. The highest BCUT2D eigenvalue weighted by Crippen LogP contribution is 2.24. The summed E-state index contributed by atoms with van der Waals surface area (Å²) in [5.74, 6) is 0.340. The summed E-state index contributed by atoms with van der Waals surface area (Å²) in [4.78, 5) is 14.1. The van der Waals surface area contributed by atoms with Crippen molar-refractivity contribution in [3.63, 3.8) is 0 Å². The number of nitrogens with two attached hydrogens (primary N) is 1. The Morgan fingerprint density at radius 1 is 1.55 bits per heavy atom. The van der Waals surface area contributed by atoms with E-state index in [2.05, 4.69) is 21.1 Å². The number of amides is 1. The molecular formula is C13H18BrN3O3. The van der Waals surface area contributed by atoms with Crippen molar-refractivity contribution in [1.29, 1.82) is 0 Å². The third kappa shape index (κ3) is 3.86. The fourth-order valence-electron chi connectivity index (χ4n) is 1.65. The summed E-state index contributed by atoms with van der Waals surface area (Å²) in [5.41, 5.74) is 5.95. The van der Waals surface area contributed by atoms with E-state index in [1.807, 2.05) is 13.8 Å². The van der Waals surface area contributed by atoms with Crippen LogP contribution in [0.3, 0.4) is 0 Å². The normalized spacial score (nSPS) is 11.6. The number of methoxy groups -OCH3 is 1. The minimum atomic E-state index is -0.225. The van der Waals surface area contributed by atoms with Crippen LogP contribution in [0.1, 0.15) is 24.2 Å². The summed E-state index contributed by atoms with van der Waals surface area (Å²) in [5, 5.41) is 11.6. The molecule has 0 bridgehead atoms. The minimum absolute atomic E-state index is 0.0222. The zero-order chi connectivity index (χ0) is 15.3. The smallest absolute Gasteiger partial charge is 0.255 e. The molecule has 110 valence electrons. The molecule has 0 saturated heterocycles. The van der Waals surface area contributed by atoms with E-state index in [4.69, 9.17) is 15.7 Å². The van der Waals surface area contributed by atoms with Gasteiger partial charge in [-0.2, -0.15) is 0 Å². The molecule has 0 unspecified atom stereocenters. The number of halogens is 1. The van der Waals surface area contributed by atoms with Crippen molar-refractivity contribution in [1.82, 2.24) is 4.90 Å². The van der Waals surface area contributed by atoms with E-state index in [9.17, 15) is 4.79 Å². The van der Waals surface area contributed by atoms with Gasteiger partial charge in [-0.25, -0.2) is 0 Å². The van der Waals surface area contributed by atoms with E-state index < -0.39 is 0 Å². The van der Waals surface area contributed by atoms with Crippen molar-refractivity contribution in [2.45, 2.75) is 19.9 Å². The van der Waals surface area contributed by atoms with Crippen molar-refractivity contribution >= 4 is 27.7 Å². The first-order chi connectivity index (χ1) is 9.40. The number of ether oxygens (including phenoxy) is 1. The van der Waals surface area contributed by atoms with Crippen LogP contribution in [0, 0.1) is 0 Å². The highest BCUT2D eigenvalue weighted by atomic mass is 79.9. The average Bonchev–Trinajstić information content (AvgIpc) is 2.43. The Morgan fingerprint density at radius 3 is 2.70 bits per heavy atom. The monoisotopic (exact) mass is 343 g/mol. The lowest BCUT2D eigenvalue weighted by atomic mass is 10.1. The molecule has 0 radical (unpaired) electrons. The van der Waals surface area contributed by atoms with Gasteiger partial charge >= 0.3 is 0 Å². The lowest BCUT2D eigenvalue weighted by molar-refractivity contribution is 0.0732. The van der Waals surface area contributed by atoms with Crippen LogP contribution in [0.15, 0.2) is 27.8 Å². The highest BCUT2D eigenvalue weighted by Gasteiger charge is 2.22. The molecular weight excluding hydrogens is 326 g/mol.